The van der Waals surface area contributed by atoms with Crippen LogP contribution in [0.2, 0.25) is 0 Å². The number of nitrogens with zero attached hydrogens (tertiary/aromatic N) is 4. The topological polar surface area (TPSA) is 72.7 Å². The number of para-hydroxylation sites is 1. The van der Waals surface area contributed by atoms with Gasteiger partial charge in [0.05, 0.1) is 5.52 Å². The molecule has 0 fully saturated rings. The van der Waals surface area contributed by atoms with Crippen LogP contribution >= 0.6 is 0 Å². The fraction of sp³-hybridized carbons (Fsp3) is 0.0476. The van der Waals surface area contributed by atoms with E-state index in [0.717, 1.165) is 16.6 Å². The highest BCUT2D eigenvalue weighted by Gasteiger charge is 2.08. The Labute approximate surface area is 155 Å². The molecule has 0 atom stereocenters. The van der Waals surface area contributed by atoms with Crippen LogP contribution < -0.4 is 5.32 Å². The van der Waals surface area contributed by atoms with Gasteiger partial charge < -0.3 is 5.32 Å². The summed E-state index contributed by atoms with van der Waals surface area (Å²) in [4.78, 5) is 16.5. The maximum atomic E-state index is 12.4. The Morgan fingerprint density at radius 2 is 1.89 bits per heavy atom. The molecule has 0 unspecified atom stereocenters. The van der Waals surface area contributed by atoms with E-state index in [4.69, 9.17) is 0 Å². The third-order valence-electron chi connectivity index (χ3n) is 3.86. The Morgan fingerprint density at radius 3 is 2.78 bits per heavy atom. The van der Waals surface area contributed by atoms with Crippen molar-refractivity contribution < 1.29 is 4.79 Å². The minimum absolute atomic E-state index is 0.0877. The van der Waals surface area contributed by atoms with Crippen molar-refractivity contribution in [1.29, 1.82) is 0 Å². The van der Waals surface area contributed by atoms with Crippen LogP contribution in [0.15, 0.2) is 72.9 Å². The van der Waals surface area contributed by atoms with E-state index >= 15 is 0 Å². The molecule has 2 heterocycles. The number of benzene rings is 2. The molecule has 0 saturated carbocycles. The minimum Gasteiger partial charge on any atom is -0.324 e. The fourth-order valence-corrected chi connectivity index (χ4v) is 2.62. The zero-order valence-electron chi connectivity index (χ0n) is 14.3. The van der Waals surface area contributed by atoms with Gasteiger partial charge in [0.1, 0.15) is 17.8 Å². The Balaban J connectivity index is 1.46. The van der Waals surface area contributed by atoms with Crippen molar-refractivity contribution in [3.8, 4) is 11.8 Å². The third-order valence-corrected chi connectivity index (χ3v) is 3.86. The molecule has 0 radical (unpaired) electrons. The van der Waals surface area contributed by atoms with Crippen molar-refractivity contribution in [2.75, 3.05) is 5.32 Å². The summed E-state index contributed by atoms with van der Waals surface area (Å²) in [7, 11) is 0. The predicted octanol–water partition coefficient (Wildman–Crippen LogP) is 2.86. The van der Waals surface area contributed by atoms with E-state index < -0.39 is 0 Å². The Morgan fingerprint density at radius 1 is 1.00 bits per heavy atom. The van der Waals surface area contributed by atoms with Crippen molar-refractivity contribution >= 4 is 22.6 Å². The minimum atomic E-state index is -0.180. The largest absolute Gasteiger partial charge is 0.324 e. The van der Waals surface area contributed by atoms with E-state index in [0.29, 0.717) is 11.4 Å². The molecular weight excluding hydrogens is 338 g/mol. The number of nitrogens with one attached hydrogen (secondary N) is 1. The normalized spacial score (nSPS) is 10.2. The molecule has 2 aromatic heterocycles. The number of hydrogen-bond acceptors (Lipinski definition) is 4. The summed E-state index contributed by atoms with van der Waals surface area (Å²) < 4.78 is 1.58. The number of carbonyl (C=O) groups excluding carboxylic acids is 1. The smallest absolute Gasteiger partial charge is 0.246 e. The summed E-state index contributed by atoms with van der Waals surface area (Å²) in [6.07, 6.45) is 1.70. The zero-order chi connectivity index (χ0) is 18.5. The molecule has 6 heteroatoms. The maximum absolute atomic E-state index is 12.4. The first-order valence-corrected chi connectivity index (χ1v) is 8.39. The van der Waals surface area contributed by atoms with Crippen LogP contribution in [0.1, 0.15) is 11.3 Å². The molecule has 0 aliphatic heterocycles. The molecule has 2 aromatic carbocycles. The highest BCUT2D eigenvalue weighted by molar-refractivity contribution is 5.91. The number of fused-ring (bicyclic) bond motifs is 1. The van der Waals surface area contributed by atoms with E-state index in [2.05, 4.69) is 32.5 Å². The van der Waals surface area contributed by atoms with Gasteiger partial charge in [0.25, 0.3) is 0 Å². The lowest BCUT2D eigenvalue weighted by atomic mass is 10.2. The average molecular weight is 353 g/mol. The lowest BCUT2D eigenvalue weighted by Crippen LogP contribution is -2.19. The summed E-state index contributed by atoms with van der Waals surface area (Å²) in [5, 5.41) is 11.0. The molecule has 1 N–H and O–H groups in total. The number of anilines is 1. The number of carbonyl (C=O) groups is 1. The summed E-state index contributed by atoms with van der Waals surface area (Å²) in [5.41, 5.74) is 3.76. The first-order chi connectivity index (χ1) is 13.3. The molecule has 27 heavy (non-hydrogen) atoms. The summed E-state index contributed by atoms with van der Waals surface area (Å²) >= 11 is 0. The van der Waals surface area contributed by atoms with Crippen LogP contribution in [-0.4, -0.2) is 25.9 Å². The Bertz CT molecular complexity index is 1160. The second-order valence-corrected chi connectivity index (χ2v) is 5.83. The number of pyridine rings is 1. The quantitative estimate of drug-likeness (QED) is 0.575. The number of hydrogen-bond donors (Lipinski definition) is 1. The van der Waals surface area contributed by atoms with Crippen molar-refractivity contribution in [1.82, 2.24) is 20.0 Å². The van der Waals surface area contributed by atoms with Crippen molar-refractivity contribution in [2.24, 2.45) is 0 Å². The van der Waals surface area contributed by atoms with Gasteiger partial charge in [-0.2, -0.15) is 0 Å². The van der Waals surface area contributed by atoms with Gasteiger partial charge in [-0.1, -0.05) is 35.4 Å². The lowest BCUT2D eigenvalue weighted by molar-refractivity contribution is -0.116. The van der Waals surface area contributed by atoms with Gasteiger partial charge in [0.15, 0.2) is 0 Å². The summed E-state index contributed by atoms with van der Waals surface area (Å²) in [5.74, 6) is 5.87. The van der Waals surface area contributed by atoms with Crippen LogP contribution in [0, 0.1) is 11.8 Å². The molecule has 0 aliphatic carbocycles. The summed E-state index contributed by atoms with van der Waals surface area (Å²) in [6, 6.07) is 20.5. The van der Waals surface area contributed by atoms with E-state index in [-0.39, 0.29) is 12.5 Å². The average Bonchev–Trinajstić information content (AvgIpc) is 3.10. The molecule has 0 aliphatic rings. The molecule has 4 aromatic rings. The van der Waals surface area contributed by atoms with Crippen LogP contribution in [-0.2, 0) is 11.3 Å². The van der Waals surface area contributed by atoms with Gasteiger partial charge in [-0.25, -0.2) is 9.67 Å². The van der Waals surface area contributed by atoms with Gasteiger partial charge in [-0.05, 0) is 48.4 Å². The highest BCUT2D eigenvalue weighted by atomic mass is 16.2. The van der Waals surface area contributed by atoms with Crippen LogP contribution in [0.3, 0.4) is 0 Å². The number of rotatable bonds is 3. The highest BCUT2D eigenvalue weighted by Crippen LogP contribution is 2.12. The molecule has 130 valence electrons. The molecule has 6 nitrogen and oxygen atoms in total. The zero-order valence-corrected chi connectivity index (χ0v) is 14.3. The molecule has 0 saturated heterocycles. The van der Waals surface area contributed by atoms with E-state index in [1.165, 1.54) is 0 Å². The van der Waals surface area contributed by atoms with Crippen molar-refractivity contribution in [3.05, 3.63) is 84.2 Å². The first-order valence-electron chi connectivity index (χ1n) is 8.39. The monoisotopic (exact) mass is 353 g/mol. The predicted molar refractivity (Wildman–Crippen MR) is 103 cm³/mol. The lowest BCUT2D eigenvalue weighted by Gasteiger charge is -2.06. The first kappa shape index (κ1) is 16.5. The molecule has 0 bridgehead atoms. The number of aromatic nitrogens is 4. The van der Waals surface area contributed by atoms with Crippen LogP contribution in [0.4, 0.5) is 5.69 Å². The van der Waals surface area contributed by atoms with Crippen molar-refractivity contribution in [2.45, 2.75) is 6.54 Å². The van der Waals surface area contributed by atoms with Gasteiger partial charge in [-0.3, -0.25) is 4.79 Å². The fourth-order valence-electron chi connectivity index (χ4n) is 2.62. The van der Waals surface area contributed by atoms with Gasteiger partial charge in [-0.15, -0.1) is 5.10 Å². The molecule has 1 amide bonds. The SMILES string of the molecule is O=C(Cn1nnc2ccccc21)Nc1cccc(C#Cc2ccccn2)c1. The standard InChI is InChI=1S/C21H15N5O/c27-21(15-26-20-10-2-1-9-19(20)24-25-26)23-18-8-5-6-16(14-18)11-12-17-7-3-4-13-22-17/h1-10,13-14H,15H2,(H,23,27). The second-order valence-electron chi connectivity index (χ2n) is 5.83. The third kappa shape index (κ3) is 3.99. The van der Waals surface area contributed by atoms with Gasteiger partial charge in [0.2, 0.25) is 5.91 Å². The molecule has 0 spiro atoms. The van der Waals surface area contributed by atoms with Gasteiger partial charge in [0, 0.05) is 17.4 Å². The van der Waals surface area contributed by atoms with Crippen LogP contribution in [0.25, 0.3) is 11.0 Å². The van der Waals surface area contributed by atoms with E-state index in [1.807, 2.05) is 66.7 Å². The second kappa shape index (κ2) is 7.50. The van der Waals surface area contributed by atoms with E-state index in [9.17, 15) is 4.79 Å². The van der Waals surface area contributed by atoms with Crippen LogP contribution in [0.5, 0.6) is 0 Å². The Kier molecular flexibility index (Phi) is 4.58. The summed E-state index contributed by atoms with van der Waals surface area (Å²) in [6.45, 7) is 0.0877. The number of amides is 1. The van der Waals surface area contributed by atoms with Crippen molar-refractivity contribution in [3.63, 3.8) is 0 Å². The molecular formula is C21H15N5O. The van der Waals surface area contributed by atoms with Gasteiger partial charge >= 0.3 is 0 Å². The maximum Gasteiger partial charge on any atom is 0.246 e. The Hall–Kier alpha value is -3.98. The van der Waals surface area contributed by atoms with E-state index in [1.54, 1.807) is 10.9 Å². The molecule has 4 rings (SSSR count).